The molecule has 0 atom stereocenters. The molecule has 0 bridgehead atoms. The van der Waals surface area contributed by atoms with Crippen LogP contribution in [0, 0.1) is 0 Å². The zero-order valence-corrected chi connectivity index (χ0v) is 89.2. The number of hydrogen-bond acceptors (Lipinski definition) is 23. The van der Waals surface area contributed by atoms with Crippen molar-refractivity contribution in [3.05, 3.63) is 229 Å². The maximum Gasteiger partial charge on any atom is 0.254 e. The zero-order chi connectivity index (χ0) is 104. The van der Waals surface area contributed by atoms with Gasteiger partial charge in [0.2, 0.25) is 5.88 Å². The number of carbonyl (C=O) groups is 8. The van der Waals surface area contributed by atoms with Crippen LogP contribution in [0.2, 0.25) is 0 Å². The molecular weight excluding hydrogens is 1830 g/mol. The summed E-state index contributed by atoms with van der Waals surface area (Å²) in [4.78, 5) is 123. The van der Waals surface area contributed by atoms with Crippen LogP contribution in [0.5, 0.6) is 46.1 Å². The molecule has 7 aromatic carbocycles. The number of nitrogens with one attached hydrogen (secondary N) is 1. The first-order valence-electron chi connectivity index (χ1n) is 50.9. The van der Waals surface area contributed by atoms with E-state index in [1.807, 2.05) is 279 Å². The fourth-order valence-electron chi connectivity index (χ4n) is 18.2. The third-order valence-electron chi connectivity index (χ3n) is 26.9. The lowest BCUT2D eigenvalue weighted by molar-refractivity contribution is 0.0321. The second-order valence-corrected chi connectivity index (χ2v) is 39.6. The third kappa shape index (κ3) is 29.3. The molecule has 0 spiro atoms. The first-order chi connectivity index (χ1) is 68.9. The van der Waals surface area contributed by atoms with Crippen molar-refractivity contribution in [2.45, 2.75) is 211 Å². The van der Waals surface area contributed by atoms with Gasteiger partial charge < -0.3 is 96.8 Å². The van der Waals surface area contributed by atoms with Crippen LogP contribution in [0.1, 0.15) is 238 Å². The molecule has 780 valence electrons. The molecule has 0 unspecified atom stereocenters. The predicted octanol–water partition coefficient (Wildman–Crippen LogP) is 14.9. The van der Waals surface area contributed by atoms with E-state index in [-0.39, 0.29) is 89.6 Å². The average Bonchev–Trinajstić information content (AvgIpc) is 0.892. The van der Waals surface area contributed by atoms with Crippen molar-refractivity contribution in [1.29, 1.82) is 0 Å². The zero-order valence-electron chi connectivity index (χ0n) is 89.2. The summed E-state index contributed by atoms with van der Waals surface area (Å²) in [5.41, 5.74) is 15.0. The van der Waals surface area contributed by atoms with Gasteiger partial charge in [0, 0.05) is 210 Å². The van der Waals surface area contributed by atoms with Gasteiger partial charge in [0.25, 0.3) is 47.3 Å². The van der Waals surface area contributed by atoms with E-state index >= 15 is 0 Å². The molecule has 10 aliphatic heterocycles. The number of carbonyl (C=O) groups excluding carboxylic acids is 8. The smallest absolute Gasteiger partial charge is 0.254 e. The molecule has 1 N–H and O–H groups in total. The summed E-state index contributed by atoms with van der Waals surface area (Å²) in [6.07, 6.45) is 4.50. The second kappa shape index (κ2) is 53.4. The standard InChI is InChI=1S/2C17H24N2O3.C15H22N2O2.C14H20N2O2.C14H19NO3.C13H17NO2.C12H15NO.C11H14N2O2/c1-13(2)19-12-14-11-15(3-4-16(14)17(19)20)22-10-7-18-5-8-21-9-6-18;1-13(2)19-12-14-3-4-15(11-16(14)17(19)20)22-10-7-18-5-8-21-9-6-18;1-11(2)17-10-12-5-6-13(9-14(12)15(17)18)19-8-7-16(3)4;1-10(2)16-9-11-4-5-12(18-7-6-15-3)8-13(11)14(16)17;1-9(2)15-6-5-10-7-12(17-3)13(18-4)8-11(10)14(15)16;1-9(2)14-7-6-10-4-5-11(16-3)8-12(10)13(14)15;1-9(2)13-8-7-10-5-3-4-6-11(10)12(13)14;1-7(2)13-6-8-5-12-10(15-3)4-9(8)11(13)14/h2*3-4,11,13H,5-10,12H2,1-2H3;5-6,9,11H,7-8,10H2,1-4H3;4-5,8,10,15H,6-7,9H2,1-3H3;7-9H,5-6H2,1-4H3;4-5,8-9H,6-7H2,1-3H3;3-6,9H,7-8H2,1-2H3;4-5,7H,6H2,1-3H3. The average molecular weight is 1980 g/mol. The second-order valence-electron chi connectivity index (χ2n) is 39.6. The predicted molar refractivity (Wildman–Crippen MR) is 559 cm³/mol. The monoisotopic (exact) mass is 1980 g/mol. The molecule has 10 aliphatic rings. The van der Waals surface area contributed by atoms with Gasteiger partial charge in [-0.25, -0.2) is 4.98 Å². The van der Waals surface area contributed by atoms with Gasteiger partial charge in [-0.15, -0.1) is 0 Å². The van der Waals surface area contributed by atoms with Gasteiger partial charge in [-0.05, 0) is 275 Å². The molecule has 18 rings (SSSR count). The number of amides is 8. The normalized spacial score (nSPS) is 16.1. The number of pyridine rings is 1. The van der Waals surface area contributed by atoms with Gasteiger partial charge in [0.1, 0.15) is 55.2 Å². The van der Waals surface area contributed by atoms with E-state index in [4.69, 9.17) is 47.4 Å². The Bertz CT molecular complexity index is 5670. The van der Waals surface area contributed by atoms with Crippen molar-refractivity contribution < 1.29 is 85.7 Å². The Morgan fingerprint density at radius 1 is 0.312 bits per heavy atom. The quantitative estimate of drug-likeness (QED) is 0.0446. The van der Waals surface area contributed by atoms with Crippen LogP contribution in [-0.2, 0) is 61.5 Å². The molecule has 2 fully saturated rings. The van der Waals surface area contributed by atoms with Gasteiger partial charge in [0.05, 0.1) is 60.4 Å². The molecule has 0 radical (unpaired) electrons. The third-order valence-corrected chi connectivity index (χ3v) is 26.9. The number of likely N-dealkylation sites (N-methyl/N-ethyl adjacent to an activating group) is 2. The van der Waals surface area contributed by atoms with Crippen molar-refractivity contribution in [2.75, 3.05) is 174 Å². The van der Waals surface area contributed by atoms with Crippen LogP contribution in [-0.4, -0.2) is 329 Å². The summed E-state index contributed by atoms with van der Waals surface area (Å²) in [7, 11) is 12.3. The van der Waals surface area contributed by atoms with Crippen molar-refractivity contribution >= 4 is 47.3 Å². The van der Waals surface area contributed by atoms with E-state index in [0.29, 0.717) is 82.6 Å². The number of rotatable bonds is 28. The highest BCUT2D eigenvalue weighted by Gasteiger charge is 2.37. The molecule has 0 saturated carbocycles. The number of morpholine rings is 2. The Labute approximate surface area is 852 Å². The summed E-state index contributed by atoms with van der Waals surface area (Å²) in [6, 6.07) is 44.2. The highest BCUT2D eigenvalue weighted by molar-refractivity contribution is 6.03. The van der Waals surface area contributed by atoms with E-state index in [9.17, 15) is 38.4 Å². The van der Waals surface area contributed by atoms with Crippen molar-refractivity contribution in [1.82, 2.24) is 64.2 Å². The Morgan fingerprint density at radius 2 is 0.639 bits per heavy atom. The van der Waals surface area contributed by atoms with E-state index in [1.165, 1.54) is 5.56 Å². The highest BCUT2D eigenvalue weighted by atomic mass is 16.5. The molecule has 31 nitrogen and oxygen atoms in total. The minimum atomic E-state index is 0.0701. The van der Waals surface area contributed by atoms with Crippen LogP contribution in [0.4, 0.5) is 0 Å². The minimum Gasteiger partial charge on any atom is -0.497 e. The summed E-state index contributed by atoms with van der Waals surface area (Å²) >= 11 is 0. The molecular formula is C113H155N13O18. The largest absolute Gasteiger partial charge is 0.497 e. The number of aromatic nitrogens is 1. The molecule has 8 amide bonds. The topological polar surface area (TPSA) is 289 Å². The van der Waals surface area contributed by atoms with Gasteiger partial charge >= 0.3 is 0 Å². The van der Waals surface area contributed by atoms with E-state index in [2.05, 4.69) is 38.8 Å². The Kier molecular flexibility index (Phi) is 41.6. The number of hydrogen-bond donors (Lipinski definition) is 1. The van der Waals surface area contributed by atoms with Gasteiger partial charge in [-0.3, -0.25) is 48.2 Å². The highest BCUT2D eigenvalue weighted by Crippen LogP contribution is 2.37. The van der Waals surface area contributed by atoms with E-state index in [0.717, 1.165) is 230 Å². The molecule has 0 aliphatic carbocycles. The fraction of sp³-hybridized carbons (Fsp3) is 0.513. The first-order valence-corrected chi connectivity index (χ1v) is 50.9. The number of nitrogens with zero attached hydrogens (tertiary/aromatic N) is 12. The summed E-state index contributed by atoms with van der Waals surface area (Å²) in [6.45, 7) is 51.7. The van der Waals surface area contributed by atoms with Crippen LogP contribution in [0.15, 0.2) is 140 Å². The molecule has 11 heterocycles. The summed E-state index contributed by atoms with van der Waals surface area (Å²) in [5.74, 6) is 6.63. The molecule has 2 saturated heterocycles. The number of benzene rings is 7. The molecule has 31 heteroatoms. The molecule has 144 heavy (non-hydrogen) atoms. The van der Waals surface area contributed by atoms with Crippen molar-refractivity contribution in [2.24, 2.45) is 0 Å². The minimum absolute atomic E-state index is 0.0701. The number of ether oxygens (including phenoxy) is 10. The van der Waals surface area contributed by atoms with Crippen LogP contribution < -0.4 is 43.2 Å². The molecule has 8 aromatic rings. The fourth-order valence-corrected chi connectivity index (χ4v) is 18.2. The maximum atomic E-state index is 12.4. The van der Waals surface area contributed by atoms with Crippen LogP contribution >= 0.6 is 0 Å². The van der Waals surface area contributed by atoms with Gasteiger partial charge in [-0.2, -0.15) is 0 Å². The van der Waals surface area contributed by atoms with E-state index < -0.39 is 0 Å². The lowest BCUT2D eigenvalue weighted by Gasteiger charge is -2.32. The van der Waals surface area contributed by atoms with Crippen molar-refractivity contribution in [3.63, 3.8) is 0 Å². The van der Waals surface area contributed by atoms with E-state index in [1.54, 1.807) is 46.8 Å². The molecule has 1 aromatic heterocycles. The lowest BCUT2D eigenvalue weighted by Crippen LogP contribution is -2.42. The van der Waals surface area contributed by atoms with Gasteiger partial charge in [0.15, 0.2) is 11.5 Å². The Balaban J connectivity index is 0.000000157. The number of fused-ring (bicyclic) bond motifs is 8. The summed E-state index contributed by atoms with van der Waals surface area (Å²) in [5, 5.41) is 3.02. The Morgan fingerprint density at radius 3 is 1.06 bits per heavy atom. The lowest BCUT2D eigenvalue weighted by atomic mass is 9.97. The first kappa shape index (κ1) is 112. The Hall–Kier alpha value is -12.4. The summed E-state index contributed by atoms with van der Waals surface area (Å²) < 4.78 is 54.3. The van der Waals surface area contributed by atoms with Gasteiger partial charge in [-0.1, -0.05) is 42.5 Å². The SMILES string of the molecule is CC(C)N1CCc2ccccc2C1=O.CC(C)N1Cc2cc(OCCN3CCOCC3)ccc2C1=O.CC(C)N1Cc2ccc(OCCN(C)C)cc2C1=O.CC(C)N1Cc2ccc(OCCN3CCOCC3)cc2C1=O.CNCCOc1ccc2c(c1)C(=O)N(C(C)C)C2.COc1cc2c(cc1OC)C(=O)N(C(C)C)CC2.COc1cc2c(cn1)CN(C(C)C)C2=O.COc1ccc2c(c1)C(=O)N(C(C)C)CC2. The van der Waals surface area contributed by atoms with Crippen LogP contribution in [0.25, 0.3) is 0 Å². The number of methoxy groups -OCH3 is 4. The van der Waals surface area contributed by atoms with Crippen molar-refractivity contribution in [3.8, 4) is 46.1 Å². The maximum absolute atomic E-state index is 12.4. The van der Waals surface area contributed by atoms with Crippen LogP contribution in [0.3, 0.4) is 0 Å².